The lowest BCUT2D eigenvalue weighted by molar-refractivity contribution is -0.123. The van der Waals surface area contributed by atoms with Gasteiger partial charge in [-0.2, -0.15) is 0 Å². The molecule has 20 heavy (non-hydrogen) atoms. The normalized spacial score (nSPS) is 16.9. The summed E-state index contributed by atoms with van der Waals surface area (Å²) in [6.45, 7) is 10.1. The van der Waals surface area contributed by atoms with E-state index in [4.69, 9.17) is 4.42 Å². The van der Waals surface area contributed by atoms with Crippen LogP contribution >= 0.6 is 0 Å². The smallest absolute Gasteiger partial charge is 0.234 e. The van der Waals surface area contributed by atoms with Crippen molar-refractivity contribution in [2.24, 2.45) is 0 Å². The standard InChI is InChI=1S/C16H24N2O2/c1-12-5-6-14(20-12)13-7-9-18(10-8-13)11-15(19)17-16(2,3)4/h5-7H,8-11H2,1-4H3,(H,17,19). The molecule has 1 amide bonds. The molecule has 0 radical (unpaired) electrons. The second kappa shape index (κ2) is 5.83. The molecule has 0 spiro atoms. The molecule has 2 rings (SSSR count). The van der Waals surface area contributed by atoms with Crippen molar-refractivity contribution < 1.29 is 9.21 Å². The molecule has 0 atom stereocenters. The number of nitrogens with zero attached hydrogens (tertiary/aromatic N) is 1. The SMILES string of the molecule is Cc1ccc(C2=CCN(CC(=O)NC(C)(C)C)CC2)o1. The van der Waals surface area contributed by atoms with E-state index < -0.39 is 0 Å². The van der Waals surface area contributed by atoms with Gasteiger partial charge in [0, 0.05) is 18.6 Å². The van der Waals surface area contributed by atoms with Gasteiger partial charge in [0.05, 0.1) is 6.54 Å². The van der Waals surface area contributed by atoms with Crippen LogP contribution in [0.2, 0.25) is 0 Å². The molecule has 4 nitrogen and oxygen atoms in total. The van der Waals surface area contributed by atoms with Gasteiger partial charge in [0.2, 0.25) is 5.91 Å². The second-order valence-electron chi connectivity index (χ2n) is 6.42. The lowest BCUT2D eigenvalue weighted by atomic mass is 10.1. The van der Waals surface area contributed by atoms with Crippen LogP contribution in [0.3, 0.4) is 0 Å². The van der Waals surface area contributed by atoms with Gasteiger partial charge >= 0.3 is 0 Å². The van der Waals surface area contributed by atoms with Crippen molar-refractivity contribution in [3.63, 3.8) is 0 Å². The van der Waals surface area contributed by atoms with Gasteiger partial charge in [-0.15, -0.1) is 0 Å². The Kier molecular flexibility index (Phi) is 4.33. The maximum absolute atomic E-state index is 11.9. The third-order valence-corrected chi connectivity index (χ3v) is 3.23. The van der Waals surface area contributed by atoms with Crippen LogP contribution in [0.1, 0.15) is 38.7 Å². The summed E-state index contributed by atoms with van der Waals surface area (Å²) in [5.41, 5.74) is 1.07. The minimum Gasteiger partial charge on any atom is -0.462 e. The highest BCUT2D eigenvalue weighted by Crippen LogP contribution is 2.23. The highest BCUT2D eigenvalue weighted by molar-refractivity contribution is 5.79. The molecule has 1 aliphatic heterocycles. The lowest BCUT2D eigenvalue weighted by Crippen LogP contribution is -2.46. The fourth-order valence-corrected chi connectivity index (χ4v) is 2.35. The number of carbonyl (C=O) groups is 1. The van der Waals surface area contributed by atoms with E-state index in [0.717, 1.165) is 31.0 Å². The first-order valence-electron chi connectivity index (χ1n) is 7.13. The van der Waals surface area contributed by atoms with Gasteiger partial charge in [-0.25, -0.2) is 0 Å². The van der Waals surface area contributed by atoms with E-state index in [1.165, 1.54) is 5.57 Å². The first kappa shape index (κ1) is 14.9. The van der Waals surface area contributed by atoms with Crippen LogP contribution in [0.5, 0.6) is 0 Å². The second-order valence-corrected chi connectivity index (χ2v) is 6.42. The summed E-state index contributed by atoms with van der Waals surface area (Å²) < 4.78 is 5.64. The Morgan fingerprint density at radius 3 is 2.65 bits per heavy atom. The Morgan fingerprint density at radius 2 is 2.15 bits per heavy atom. The van der Waals surface area contributed by atoms with Gasteiger partial charge in [-0.05, 0) is 51.8 Å². The maximum Gasteiger partial charge on any atom is 0.234 e. The van der Waals surface area contributed by atoms with E-state index >= 15 is 0 Å². The van der Waals surface area contributed by atoms with Crippen molar-refractivity contribution in [1.29, 1.82) is 0 Å². The van der Waals surface area contributed by atoms with Gasteiger partial charge in [-0.3, -0.25) is 9.69 Å². The molecule has 0 saturated heterocycles. The van der Waals surface area contributed by atoms with Crippen molar-refractivity contribution in [3.05, 3.63) is 29.7 Å². The molecule has 1 aliphatic rings. The summed E-state index contributed by atoms with van der Waals surface area (Å²) in [6, 6.07) is 4.00. The third-order valence-electron chi connectivity index (χ3n) is 3.23. The average molecular weight is 276 g/mol. The molecule has 1 aromatic rings. The summed E-state index contributed by atoms with van der Waals surface area (Å²) in [7, 11) is 0. The molecule has 0 bridgehead atoms. The predicted molar refractivity (Wildman–Crippen MR) is 80.4 cm³/mol. The number of carbonyl (C=O) groups excluding carboxylic acids is 1. The fraction of sp³-hybridized carbons (Fsp3) is 0.562. The molecule has 110 valence electrons. The number of aryl methyl sites for hydroxylation is 1. The first-order chi connectivity index (χ1) is 9.33. The lowest BCUT2D eigenvalue weighted by Gasteiger charge is -2.27. The van der Waals surface area contributed by atoms with Gasteiger partial charge < -0.3 is 9.73 Å². The van der Waals surface area contributed by atoms with Crippen molar-refractivity contribution in [1.82, 2.24) is 10.2 Å². The minimum atomic E-state index is -0.167. The van der Waals surface area contributed by atoms with Crippen LogP contribution in [-0.2, 0) is 4.79 Å². The highest BCUT2D eigenvalue weighted by Gasteiger charge is 2.19. The Labute approximate surface area is 120 Å². The van der Waals surface area contributed by atoms with Crippen LogP contribution in [0.4, 0.5) is 0 Å². The summed E-state index contributed by atoms with van der Waals surface area (Å²) >= 11 is 0. The molecule has 1 aromatic heterocycles. The van der Waals surface area contributed by atoms with E-state index in [2.05, 4.69) is 16.3 Å². The maximum atomic E-state index is 11.9. The quantitative estimate of drug-likeness (QED) is 0.923. The molecule has 4 heteroatoms. The number of hydrogen-bond donors (Lipinski definition) is 1. The zero-order valence-electron chi connectivity index (χ0n) is 12.8. The van der Waals surface area contributed by atoms with Crippen LogP contribution in [0.25, 0.3) is 5.57 Å². The molecule has 0 aromatic carbocycles. The summed E-state index contributed by atoms with van der Waals surface area (Å²) in [5.74, 6) is 1.98. The molecular weight excluding hydrogens is 252 g/mol. The number of nitrogens with one attached hydrogen (secondary N) is 1. The van der Waals surface area contributed by atoms with Gasteiger partial charge in [-0.1, -0.05) is 6.08 Å². The first-order valence-corrected chi connectivity index (χ1v) is 7.13. The monoisotopic (exact) mass is 276 g/mol. The fourth-order valence-electron chi connectivity index (χ4n) is 2.35. The van der Waals surface area contributed by atoms with Gasteiger partial charge in [0.1, 0.15) is 11.5 Å². The van der Waals surface area contributed by atoms with Crippen LogP contribution in [0.15, 0.2) is 22.6 Å². The Morgan fingerprint density at radius 1 is 1.40 bits per heavy atom. The van der Waals surface area contributed by atoms with Crippen LogP contribution in [0, 0.1) is 6.92 Å². The molecule has 0 aliphatic carbocycles. The van der Waals surface area contributed by atoms with E-state index in [9.17, 15) is 4.79 Å². The topological polar surface area (TPSA) is 45.5 Å². The Hall–Kier alpha value is -1.55. The molecule has 2 heterocycles. The van der Waals surface area contributed by atoms with E-state index in [1.54, 1.807) is 0 Å². The summed E-state index contributed by atoms with van der Waals surface area (Å²) in [5, 5.41) is 2.99. The van der Waals surface area contributed by atoms with Gasteiger partial charge in [0.15, 0.2) is 0 Å². The van der Waals surface area contributed by atoms with Crippen LogP contribution < -0.4 is 5.32 Å². The minimum absolute atomic E-state index is 0.0863. The number of furan rings is 1. The Bertz CT molecular complexity index is 509. The third kappa shape index (κ3) is 4.23. The molecule has 0 fully saturated rings. The Balaban J connectivity index is 1.87. The van der Waals surface area contributed by atoms with Crippen molar-refractivity contribution >= 4 is 11.5 Å². The molecule has 0 unspecified atom stereocenters. The summed E-state index contributed by atoms with van der Waals surface area (Å²) in [6.07, 6.45) is 3.09. The van der Waals surface area contributed by atoms with E-state index in [-0.39, 0.29) is 11.4 Å². The van der Waals surface area contributed by atoms with E-state index in [1.807, 2.05) is 39.8 Å². The molecular formula is C16H24N2O2. The number of rotatable bonds is 3. The van der Waals surface area contributed by atoms with Crippen molar-refractivity contribution in [2.75, 3.05) is 19.6 Å². The molecule has 1 N–H and O–H groups in total. The zero-order valence-corrected chi connectivity index (χ0v) is 12.8. The molecule has 0 saturated carbocycles. The summed E-state index contributed by atoms with van der Waals surface area (Å²) in [4.78, 5) is 14.0. The van der Waals surface area contributed by atoms with Gasteiger partial charge in [0.25, 0.3) is 0 Å². The van der Waals surface area contributed by atoms with Crippen molar-refractivity contribution in [3.8, 4) is 0 Å². The van der Waals surface area contributed by atoms with Crippen molar-refractivity contribution in [2.45, 2.75) is 39.7 Å². The van der Waals surface area contributed by atoms with Crippen LogP contribution in [-0.4, -0.2) is 36.0 Å². The zero-order chi connectivity index (χ0) is 14.8. The predicted octanol–water partition coefficient (Wildman–Crippen LogP) is 2.59. The number of hydrogen-bond acceptors (Lipinski definition) is 3. The average Bonchev–Trinajstić information content (AvgIpc) is 2.74. The van der Waals surface area contributed by atoms with E-state index in [0.29, 0.717) is 6.54 Å². The number of amides is 1. The highest BCUT2D eigenvalue weighted by atomic mass is 16.3. The largest absolute Gasteiger partial charge is 0.462 e.